The van der Waals surface area contributed by atoms with Gasteiger partial charge in [-0.1, -0.05) is 12.1 Å². The Kier molecular flexibility index (Phi) is 3.82. The first kappa shape index (κ1) is 19.9. The van der Waals surface area contributed by atoms with Crippen molar-refractivity contribution in [3.63, 3.8) is 0 Å². The number of benzene rings is 3. The number of aromatic nitrogens is 4. The highest BCUT2D eigenvalue weighted by molar-refractivity contribution is 6.05. The predicted molar refractivity (Wildman–Crippen MR) is 123 cm³/mol. The van der Waals surface area contributed by atoms with E-state index in [-0.39, 0.29) is 45.8 Å². The van der Waals surface area contributed by atoms with Gasteiger partial charge in [-0.15, -0.1) is 0 Å². The van der Waals surface area contributed by atoms with Crippen LogP contribution in [0.5, 0.6) is 17.2 Å². The number of carboxylic acid groups (broad SMARTS) is 1. The molecule has 2 aliphatic rings. The molecule has 0 spiro atoms. The van der Waals surface area contributed by atoms with Crippen molar-refractivity contribution >= 4 is 39.1 Å². The lowest BCUT2D eigenvalue weighted by Crippen LogP contribution is -2.41. The van der Waals surface area contributed by atoms with Crippen molar-refractivity contribution in [1.82, 2.24) is 19.9 Å². The van der Waals surface area contributed by atoms with E-state index in [4.69, 9.17) is 4.74 Å². The lowest BCUT2D eigenvalue weighted by atomic mass is 9.77. The fourth-order valence-electron chi connectivity index (χ4n) is 5.18. The molecule has 0 amide bonds. The van der Waals surface area contributed by atoms with Gasteiger partial charge in [0.1, 0.15) is 45.6 Å². The molecule has 3 atom stereocenters. The van der Waals surface area contributed by atoms with E-state index in [0.29, 0.717) is 33.5 Å². The third-order valence-corrected chi connectivity index (χ3v) is 6.76. The van der Waals surface area contributed by atoms with E-state index >= 15 is 0 Å². The van der Waals surface area contributed by atoms with Crippen LogP contribution in [-0.4, -0.2) is 52.4 Å². The van der Waals surface area contributed by atoms with Crippen LogP contribution in [0.25, 0.3) is 33.1 Å². The van der Waals surface area contributed by atoms with Crippen molar-refractivity contribution in [3.8, 4) is 17.2 Å². The van der Waals surface area contributed by atoms with Crippen LogP contribution in [0.15, 0.2) is 42.5 Å². The number of rotatable bonds is 1. The fourth-order valence-corrected chi connectivity index (χ4v) is 5.18. The largest absolute Gasteiger partial charge is 0.506 e. The average Bonchev–Trinajstić information content (AvgIpc) is 2.83. The number of aliphatic hydroxyl groups is 1. The number of nitrogens with zero attached hydrogens (tertiary/aromatic N) is 4. The van der Waals surface area contributed by atoms with Gasteiger partial charge in [-0.3, -0.25) is 0 Å². The Labute approximate surface area is 196 Å². The first-order valence-electron chi connectivity index (χ1n) is 10.9. The number of para-hydroxylation sites is 2. The minimum atomic E-state index is -1.22. The molecule has 4 N–H and O–H groups in total. The summed E-state index contributed by atoms with van der Waals surface area (Å²) in [5, 5.41) is 41.7. The molecule has 3 aromatic carbocycles. The molecular formula is C25H16N4O6. The molecule has 172 valence electrons. The van der Waals surface area contributed by atoms with E-state index in [2.05, 4.69) is 19.9 Å². The topological polar surface area (TPSA) is 159 Å². The Morgan fingerprint density at radius 1 is 0.886 bits per heavy atom. The highest BCUT2D eigenvalue weighted by Crippen LogP contribution is 2.50. The van der Waals surface area contributed by atoms with Crippen LogP contribution in [-0.2, 0) is 6.42 Å². The molecule has 2 aromatic heterocycles. The summed E-state index contributed by atoms with van der Waals surface area (Å²) in [5.74, 6) is -1.57. The van der Waals surface area contributed by atoms with E-state index in [1.807, 2.05) is 0 Å². The minimum Gasteiger partial charge on any atom is -0.506 e. The first-order chi connectivity index (χ1) is 16.9. The summed E-state index contributed by atoms with van der Waals surface area (Å²) < 4.78 is 6.16. The van der Waals surface area contributed by atoms with Gasteiger partial charge in [-0.05, 0) is 30.3 Å². The molecule has 1 aliphatic carbocycles. The summed E-state index contributed by atoms with van der Waals surface area (Å²) in [6, 6.07) is 11.0. The van der Waals surface area contributed by atoms with Crippen molar-refractivity contribution in [2.45, 2.75) is 24.5 Å². The minimum absolute atomic E-state index is 0.00379. The summed E-state index contributed by atoms with van der Waals surface area (Å²) in [6.07, 6.45) is -1.58. The average molecular weight is 468 g/mol. The van der Waals surface area contributed by atoms with Crippen molar-refractivity contribution < 1.29 is 30.0 Å². The number of carbonyl (C=O) groups is 1. The van der Waals surface area contributed by atoms with E-state index in [1.165, 1.54) is 18.2 Å². The molecule has 5 aromatic rings. The molecular weight excluding hydrogens is 452 g/mol. The second kappa shape index (κ2) is 6.73. The molecule has 35 heavy (non-hydrogen) atoms. The van der Waals surface area contributed by atoms with Crippen LogP contribution in [0.1, 0.15) is 39.3 Å². The van der Waals surface area contributed by atoms with Gasteiger partial charge in [0.2, 0.25) is 0 Å². The zero-order valence-electron chi connectivity index (χ0n) is 17.9. The van der Waals surface area contributed by atoms with Crippen molar-refractivity contribution in [1.29, 1.82) is 0 Å². The number of hydrogen-bond donors (Lipinski definition) is 4. The number of aromatic carboxylic acids is 1. The van der Waals surface area contributed by atoms with Crippen LogP contribution in [0, 0.1) is 0 Å². The zero-order chi connectivity index (χ0) is 24.0. The van der Waals surface area contributed by atoms with Crippen LogP contribution in [0.3, 0.4) is 0 Å². The third-order valence-electron chi connectivity index (χ3n) is 6.76. The second-order valence-electron chi connectivity index (χ2n) is 8.75. The summed E-state index contributed by atoms with van der Waals surface area (Å²) in [7, 11) is 0. The maximum atomic E-state index is 12.1. The van der Waals surface area contributed by atoms with E-state index in [1.54, 1.807) is 24.3 Å². The Morgan fingerprint density at radius 2 is 1.57 bits per heavy atom. The number of aliphatic hydroxyl groups excluding tert-OH is 1. The van der Waals surface area contributed by atoms with Gasteiger partial charge >= 0.3 is 5.97 Å². The Morgan fingerprint density at radius 3 is 2.29 bits per heavy atom. The number of phenols is 2. The number of aromatic hydroxyl groups is 2. The monoisotopic (exact) mass is 468 g/mol. The lowest BCUT2D eigenvalue weighted by Gasteiger charge is -2.41. The first-order valence-corrected chi connectivity index (χ1v) is 10.9. The normalized spacial score (nSPS) is 20.4. The highest BCUT2D eigenvalue weighted by atomic mass is 16.5. The van der Waals surface area contributed by atoms with Crippen LogP contribution >= 0.6 is 0 Å². The van der Waals surface area contributed by atoms with E-state index in [9.17, 15) is 25.2 Å². The van der Waals surface area contributed by atoms with Crippen LogP contribution in [0.2, 0.25) is 0 Å². The number of fused-ring (bicyclic) bond motifs is 10. The Bertz CT molecular complexity index is 1750. The Balaban J connectivity index is 1.51. The number of carboxylic acids is 1. The lowest BCUT2D eigenvalue weighted by molar-refractivity contribution is -0.0110. The summed E-state index contributed by atoms with van der Waals surface area (Å²) in [5.41, 5.74) is 3.17. The molecule has 10 nitrogen and oxygen atoms in total. The molecule has 0 saturated carbocycles. The Hall–Kier alpha value is -4.57. The fraction of sp³-hybridized carbons (Fsp3) is 0.160. The van der Waals surface area contributed by atoms with Gasteiger partial charge in [0.05, 0.1) is 27.8 Å². The molecule has 0 unspecified atom stereocenters. The molecule has 7 rings (SSSR count). The number of phenolic OH excluding ortho intramolecular Hbond substituents is 2. The van der Waals surface area contributed by atoms with Gasteiger partial charge in [0.15, 0.2) is 6.10 Å². The summed E-state index contributed by atoms with van der Waals surface area (Å²) in [6.45, 7) is 0. The van der Waals surface area contributed by atoms with Crippen LogP contribution < -0.4 is 4.74 Å². The SMILES string of the molecule is O=C(O)c1cc2c(c3nc4cccc(O)c4nc13)[C@@H]1Cc3nc4c(O)cccc4nc3[C@H](O2)[C@@H]1O. The van der Waals surface area contributed by atoms with Gasteiger partial charge in [0.25, 0.3) is 0 Å². The smallest absolute Gasteiger partial charge is 0.338 e. The molecule has 3 heterocycles. The van der Waals surface area contributed by atoms with Crippen molar-refractivity contribution in [2.75, 3.05) is 0 Å². The summed E-state index contributed by atoms with van der Waals surface area (Å²) >= 11 is 0. The van der Waals surface area contributed by atoms with Gasteiger partial charge in [-0.2, -0.15) is 0 Å². The zero-order valence-corrected chi connectivity index (χ0v) is 17.9. The summed E-state index contributed by atoms with van der Waals surface area (Å²) in [4.78, 5) is 30.5. The quantitative estimate of drug-likeness (QED) is 0.269. The van der Waals surface area contributed by atoms with Crippen LogP contribution in [0.4, 0.5) is 0 Å². The van der Waals surface area contributed by atoms with Gasteiger partial charge < -0.3 is 25.2 Å². The predicted octanol–water partition coefficient (Wildman–Crippen LogP) is 2.97. The third kappa shape index (κ3) is 2.65. The van der Waals surface area contributed by atoms with Gasteiger partial charge in [-0.25, -0.2) is 24.7 Å². The van der Waals surface area contributed by atoms with Crippen molar-refractivity contribution in [2.24, 2.45) is 0 Å². The molecule has 2 bridgehead atoms. The maximum Gasteiger partial charge on any atom is 0.338 e. The molecule has 0 fully saturated rings. The molecule has 0 radical (unpaired) electrons. The maximum absolute atomic E-state index is 12.1. The van der Waals surface area contributed by atoms with Crippen molar-refractivity contribution in [3.05, 3.63) is 65.0 Å². The molecule has 1 aliphatic heterocycles. The highest BCUT2D eigenvalue weighted by Gasteiger charge is 2.46. The molecule has 10 heteroatoms. The van der Waals surface area contributed by atoms with E-state index in [0.717, 1.165) is 0 Å². The standard InChI is InChI=1S/C25H16N4O6/c30-14-5-1-3-11-19(14)28-13-7-9-17-16(35-24(23(9)32)21(13)26-11)8-10(25(33)34)18-22(17)27-12-4-2-6-15(31)20(12)29-18/h1-6,8-9,23-24,30-32H,7H2,(H,33,34)/t9-,23+,24-/m0/s1. The number of ether oxygens (including phenoxy) is 1. The second-order valence-corrected chi connectivity index (χ2v) is 8.75. The molecule has 0 saturated heterocycles. The number of hydrogen-bond acceptors (Lipinski definition) is 9. The van der Waals surface area contributed by atoms with Gasteiger partial charge in [0, 0.05) is 17.9 Å². The van der Waals surface area contributed by atoms with E-state index < -0.39 is 24.1 Å².